The zero-order chi connectivity index (χ0) is 14.2. The third-order valence-corrected chi connectivity index (χ3v) is 5.46. The Kier molecular flexibility index (Phi) is 5.14. The molecule has 1 unspecified atom stereocenters. The summed E-state index contributed by atoms with van der Waals surface area (Å²) in [6, 6.07) is -0.676. The van der Waals surface area contributed by atoms with E-state index in [1.807, 2.05) is 0 Å². The molecule has 3 rings (SSSR count). The molecule has 3 fully saturated rings. The number of nitrogens with one attached hydrogen (secondary N) is 1. The van der Waals surface area contributed by atoms with Gasteiger partial charge in [-0.2, -0.15) is 0 Å². The maximum Gasteiger partial charge on any atom is 0.262 e. The second-order valence-corrected chi connectivity index (χ2v) is 6.88. The summed E-state index contributed by atoms with van der Waals surface area (Å²) in [7, 11) is 0. The molecule has 2 saturated heterocycles. The van der Waals surface area contributed by atoms with Gasteiger partial charge in [0, 0.05) is 19.5 Å². The molecule has 0 aromatic carbocycles. The van der Waals surface area contributed by atoms with Crippen molar-refractivity contribution in [1.82, 2.24) is 10.2 Å². The molecule has 3 nitrogen and oxygen atoms in total. The number of alkyl halides is 2. The van der Waals surface area contributed by atoms with E-state index in [2.05, 4.69) is 5.32 Å². The lowest BCUT2D eigenvalue weighted by Gasteiger charge is -2.44. The molecule has 0 aromatic heterocycles. The van der Waals surface area contributed by atoms with E-state index in [9.17, 15) is 13.6 Å². The van der Waals surface area contributed by atoms with Crippen LogP contribution in [0.2, 0.25) is 0 Å². The average Bonchev–Trinajstić information content (AvgIpc) is 2.80. The topological polar surface area (TPSA) is 32.3 Å². The standard InChI is InChI=1S/C15H24F2N2O.ClH/c16-15(17)10-12(18-11-15)13(20)19-8-6-14(7-9-19)4-2-1-3-5-14;/h12,18H,1-11H2;1H. The molecule has 6 heteroatoms. The van der Waals surface area contributed by atoms with E-state index >= 15 is 0 Å². The number of hydrogen-bond donors (Lipinski definition) is 1. The summed E-state index contributed by atoms with van der Waals surface area (Å²) < 4.78 is 26.3. The van der Waals surface area contributed by atoms with E-state index in [-0.39, 0.29) is 31.3 Å². The summed E-state index contributed by atoms with van der Waals surface area (Å²) in [5.74, 6) is -2.84. The first kappa shape index (κ1) is 16.9. The van der Waals surface area contributed by atoms with Crippen LogP contribution in [0.3, 0.4) is 0 Å². The second-order valence-electron chi connectivity index (χ2n) is 6.88. The molecular formula is C15H25ClF2N2O. The van der Waals surface area contributed by atoms with Crippen molar-refractivity contribution in [3.8, 4) is 0 Å². The molecule has 3 aliphatic rings. The Balaban J connectivity index is 0.00000161. The Morgan fingerprint density at radius 3 is 2.19 bits per heavy atom. The minimum absolute atomic E-state index is 0. The van der Waals surface area contributed by atoms with E-state index in [1.54, 1.807) is 4.90 Å². The molecule has 0 radical (unpaired) electrons. The quantitative estimate of drug-likeness (QED) is 0.805. The Hall–Kier alpha value is -0.420. The normalized spacial score (nSPS) is 31.0. The predicted octanol–water partition coefficient (Wildman–Crippen LogP) is 2.98. The molecule has 1 aliphatic carbocycles. The van der Waals surface area contributed by atoms with Crippen molar-refractivity contribution in [3.63, 3.8) is 0 Å². The first-order chi connectivity index (χ1) is 9.50. The van der Waals surface area contributed by atoms with Crippen molar-refractivity contribution in [1.29, 1.82) is 0 Å². The lowest BCUT2D eigenvalue weighted by Crippen LogP contribution is -2.49. The highest BCUT2D eigenvalue weighted by atomic mass is 35.5. The summed E-state index contributed by atoms with van der Waals surface area (Å²) >= 11 is 0. The van der Waals surface area contributed by atoms with Crippen molar-refractivity contribution in [2.45, 2.75) is 63.3 Å². The van der Waals surface area contributed by atoms with Crippen molar-refractivity contribution >= 4 is 18.3 Å². The van der Waals surface area contributed by atoms with Gasteiger partial charge in [-0.05, 0) is 31.1 Å². The molecule has 0 aromatic rings. The number of likely N-dealkylation sites (tertiary alicyclic amines) is 1. The molecule has 1 atom stereocenters. The van der Waals surface area contributed by atoms with Gasteiger partial charge in [0.2, 0.25) is 5.91 Å². The molecule has 122 valence electrons. The molecule has 1 spiro atoms. The molecule has 2 aliphatic heterocycles. The zero-order valence-electron chi connectivity index (χ0n) is 12.4. The van der Waals surface area contributed by atoms with Crippen molar-refractivity contribution in [2.75, 3.05) is 19.6 Å². The molecule has 1 N–H and O–H groups in total. The van der Waals surface area contributed by atoms with E-state index in [0.29, 0.717) is 5.41 Å². The molecule has 21 heavy (non-hydrogen) atoms. The first-order valence-electron chi connectivity index (χ1n) is 7.90. The third-order valence-electron chi connectivity index (χ3n) is 5.46. The third kappa shape index (κ3) is 3.67. The van der Waals surface area contributed by atoms with Gasteiger partial charge < -0.3 is 4.90 Å². The first-order valence-corrected chi connectivity index (χ1v) is 7.90. The van der Waals surface area contributed by atoms with Gasteiger partial charge in [0.15, 0.2) is 0 Å². The van der Waals surface area contributed by atoms with E-state index in [4.69, 9.17) is 0 Å². The van der Waals surface area contributed by atoms with Crippen LogP contribution in [0.4, 0.5) is 8.78 Å². The van der Waals surface area contributed by atoms with Gasteiger partial charge in [0.25, 0.3) is 5.92 Å². The van der Waals surface area contributed by atoms with Crippen LogP contribution in [-0.4, -0.2) is 42.4 Å². The summed E-state index contributed by atoms with van der Waals surface area (Å²) in [6.07, 6.45) is 8.31. The molecule has 1 saturated carbocycles. The summed E-state index contributed by atoms with van der Waals surface area (Å²) in [5, 5.41) is 2.67. The maximum atomic E-state index is 13.2. The fraction of sp³-hybridized carbons (Fsp3) is 0.933. The van der Waals surface area contributed by atoms with Crippen LogP contribution in [0.1, 0.15) is 51.4 Å². The largest absolute Gasteiger partial charge is 0.341 e. The van der Waals surface area contributed by atoms with Crippen LogP contribution in [0.25, 0.3) is 0 Å². The molecule has 1 amide bonds. The van der Waals surface area contributed by atoms with Crippen LogP contribution in [0, 0.1) is 5.41 Å². The average molecular weight is 323 g/mol. The van der Waals surface area contributed by atoms with Gasteiger partial charge in [-0.25, -0.2) is 8.78 Å². The summed E-state index contributed by atoms with van der Waals surface area (Å²) in [6.45, 7) is 1.15. The van der Waals surface area contributed by atoms with Gasteiger partial charge in [0.1, 0.15) is 0 Å². The number of halogens is 3. The number of nitrogens with zero attached hydrogens (tertiary/aromatic N) is 1. The Bertz CT molecular complexity index is 376. The highest BCUT2D eigenvalue weighted by Crippen LogP contribution is 2.44. The maximum absolute atomic E-state index is 13.2. The number of carbonyl (C=O) groups is 1. The van der Waals surface area contributed by atoms with E-state index in [0.717, 1.165) is 25.9 Å². The molecule has 0 bridgehead atoms. The van der Waals surface area contributed by atoms with Gasteiger partial charge in [0.05, 0.1) is 12.6 Å². The smallest absolute Gasteiger partial charge is 0.262 e. The van der Waals surface area contributed by atoms with Crippen LogP contribution < -0.4 is 5.32 Å². The van der Waals surface area contributed by atoms with E-state index in [1.165, 1.54) is 32.1 Å². The summed E-state index contributed by atoms with van der Waals surface area (Å²) in [4.78, 5) is 14.1. The fourth-order valence-electron chi connectivity index (χ4n) is 4.11. The molecule has 2 heterocycles. The van der Waals surface area contributed by atoms with Crippen LogP contribution in [-0.2, 0) is 4.79 Å². The number of rotatable bonds is 1. The minimum Gasteiger partial charge on any atom is -0.341 e. The van der Waals surface area contributed by atoms with Crippen molar-refractivity contribution in [2.24, 2.45) is 5.41 Å². The summed E-state index contributed by atoms with van der Waals surface area (Å²) in [5.41, 5.74) is 0.447. The minimum atomic E-state index is -2.72. The lowest BCUT2D eigenvalue weighted by atomic mass is 9.68. The number of carbonyl (C=O) groups excluding carboxylic acids is 1. The lowest BCUT2D eigenvalue weighted by molar-refractivity contribution is -0.136. The number of amides is 1. The van der Waals surface area contributed by atoms with Crippen molar-refractivity contribution < 1.29 is 13.6 Å². The zero-order valence-corrected chi connectivity index (χ0v) is 13.2. The Morgan fingerprint density at radius 2 is 1.67 bits per heavy atom. The predicted molar refractivity (Wildman–Crippen MR) is 79.9 cm³/mol. The van der Waals surface area contributed by atoms with Crippen molar-refractivity contribution in [3.05, 3.63) is 0 Å². The van der Waals surface area contributed by atoms with Gasteiger partial charge in [-0.15, -0.1) is 12.4 Å². The van der Waals surface area contributed by atoms with E-state index < -0.39 is 12.0 Å². The second kappa shape index (κ2) is 6.37. The SMILES string of the molecule is Cl.O=C(C1CC(F)(F)CN1)N1CCC2(CCCCC2)CC1. The van der Waals surface area contributed by atoms with Crippen LogP contribution >= 0.6 is 12.4 Å². The highest BCUT2D eigenvalue weighted by Gasteiger charge is 2.45. The molecular weight excluding hydrogens is 298 g/mol. The van der Waals surface area contributed by atoms with Crippen LogP contribution in [0.15, 0.2) is 0 Å². The Morgan fingerprint density at radius 1 is 1.05 bits per heavy atom. The van der Waals surface area contributed by atoms with Gasteiger partial charge in [-0.1, -0.05) is 19.3 Å². The Labute approximate surface area is 131 Å². The van der Waals surface area contributed by atoms with Crippen LogP contribution in [0.5, 0.6) is 0 Å². The van der Waals surface area contributed by atoms with Gasteiger partial charge >= 0.3 is 0 Å². The monoisotopic (exact) mass is 322 g/mol. The highest BCUT2D eigenvalue weighted by molar-refractivity contribution is 5.85. The number of piperidine rings is 1. The fourth-order valence-corrected chi connectivity index (χ4v) is 4.11. The van der Waals surface area contributed by atoms with Gasteiger partial charge in [-0.3, -0.25) is 10.1 Å². The number of hydrogen-bond acceptors (Lipinski definition) is 2.